The maximum atomic E-state index is 12.1. The summed E-state index contributed by atoms with van der Waals surface area (Å²) in [5.41, 5.74) is 1.24. The highest BCUT2D eigenvalue weighted by Crippen LogP contribution is 2.18. The minimum atomic E-state index is -0.676. The minimum absolute atomic E-state index is 0.427. The lowest BCUT2D eigenvalue weighted by atomic mass is 10.1. The molecular weight excluding hydrogens is 242 g/mol. The monoisotopic (exact) mass is 253 g/mol. The Morgan fingerprint density at radius 2 is 2.11 bits per heavy atom. The number of rotatable bonds is 2. The number of allylic oxidation sites excluding steroid dienone is 2. The Bertz CT molecular complexity index is 671. The van der Waals surface area contributed by atoms with E-state index in [1.54, 1.807) is 30.5 Å². The van der Waals surface area contributed by atoms with Crippen LogP contribution in [0.15, 0.2) is 61.0 Å². The van der Waals surface area contributed by atoms with Gasteiger partial charge in [-0.25, -0.2) is 4.79 Å². The molecule has 1 aromatic heterocycles. The molecule has 0 saturated heterocycles. The van der Waals surface area contributed by atoms with Gasteiger partial charge >= 0.3 is 5.97 Å². The number of carbonyl (C=O) groups excluding carboxylic acids is 1. The summed E-state index contributed by atoms with van der Waals surface area (Å²) in [5.74, 6) is -0.427. The average molecular weight is 253 g/mol. The van der Waals surface area contributed by atoms with Crippen molar-refractivity contribution in [3.05, 3.63) is 66.6 Å². The van der Waals surface area contributed by atoms with Crippen molar-refractivity contribution >= 4 is 16.9 Å². The van der Waals surface area contributed by atoms with E-state index >= 15 is 0 Å². The Morgan fingerprint density at radius 3 is 2.95 bits per heavy atom. The maximum absolute atomic E-state index is 12.1. The van der Waals surface area contributed by atoms with Crippen molar-refractivity contribution in [2.24, 2.45) is 0 Å². The highest BCUT2D eigenvalue weighted by molar-refractivity contribution is 6.03. The number of benzene rings is 1. The van der Waals surface area contributed by atoms with E-state index < -0.39 is 12.3 Å². The highest BCUT2D eigenvalue weighted by Gasteiger charge is 2.17. The Kier molecular flexibility index (Phi) is 2.98. The third-order valence-corrected chi connectivity index (χ3v) is 2.76. The topological polar surface area (TPSA) is 48.4 Å². The number of hydrogen-bond acceptors (Lipinski definition) is 4. The summed E-state index contributed by atoms with van der Waals surface area (Å²) >= 11 is 0. The predicted octanol–water partition coefficient (Wildman–Crippen LogP) is 2.82. The molecule has 0 fully saturated rings. The quantitative estimate of drug-likeness (QED) is 0.772. The van der Waals surface area contributed by atoms with Crippen LogP contribution in [0.3, 0.4) is 0 Å². The number of pyridine rings is 1. The van der Waals surface area contributed by atoms with Crippen molar-refractivity contribution in [1.29, 1.82) is 0 Å². The largest absolute Gasteiger partial charge is 0.459 e. The first kappa shape index (κ1) is 11.5. The zero-order chi connectivity index (χ0) is 13.1. The lowest BCUT2D eigenvalue weighted by molar-refractivity contribution is -0.0442. The number of fused-ring (bicyclic) bond motifs is 1. The summed E-state index contributed by atoms with van der Waals surface area (Å²) < 4.78 is 10.4. The molecule has 0 bridgehead atoms. The van der Waals surface area contributed by atoms with Crippen LogP contribution in [-0.2, 0) is 9.47 Å². The molecule has 1 aliphatic heterocycles. The highest BCUT2D eigenvalue weighted by atomic mass is 16.7. The van der Waals surface area contributed by atoms with Crippen molar-refractivity contribution in [3.63, 3.8) is 0 Å². The van der Waals surface area contributed by atoms with E-state index in [2.05, 4.69) is 4.98 Å². The smallest absolute Gasteiger partial charge is 0.342 e. The molecule has 1 aliphatic rings. The Labute approximate surface area is 110 Å². The van der Waals surface area contributed by atoms with E-state index in [1.807, 2.05) is 24.3 Å². The SMILES string of the molecule is O=C(OC1C=CC=CO1)c1ccnc2ccccc12. The van der Waals surface area contributed by atoms with Gasteiger partial charge in [0.25, 0.3) is 6.29 Å². The van der Waals surface area contributed by atoms with Gasteiger partial charge in [0.1, 0.15) is 0 Å². The fourth-order valence-electron chi connectivity index (χ4n) is 1.88. The van der Waals surface area contributed by atoms with Gasteiger partial charge in [0, 0.05) is 11.6 Å². The second kappa shape index (κ2) is 4.94. The van der Waals surface area contributed by atoms with Crippen molar-refractivity contribution in [2.45, 2.75) is 6.29 Å². The summed E-state index contributed by atoms with van der Waals surface area (Å²) in [6, 6.07) is 9.08. The van der Waals surface area contributed by atoms with Crippen LogP contribution >= 0.6 is 0 Å². The molecule has 0 N–H and O–H groups in total. The van der Waals surface area contributed by atoms with Gasteiger partial charge in [0.2, 0.25) is 0 Å². The van der Waals surface area contributed by atoms with Crippen molar-refractivity contribution < 1.29 is 14.3 Å². The molecule has 0 radical (unpaired) electrons. The fourth-order valence-corrected chi connectivity index (χ4v) is 1.88. The standard InChI is InChI=1S/C15H11NO3/c17-15(19-14-7-3-4-10-18-14)12-8-9-16-13-6-2-1-5-11(12)13/h1-10,14H. The summed E-state index contributed by atoms with van der Waals surface area (Å²) in [6.45, 7) is 0. The van der Waals surface area contributed by atoms with Crippen LogP contribution in [0, 0.1) is 0 Å². The first-order chi connectivity index (χ1) is 9.34. The number of aromatic nitrogens is 1. The maximum Gasteiger partial charge on any atom is 0.342 e. The zero-order valence-corrected chi connectivity index (χ0v) is 10.0. The van der Waals surface area contributed by atoms with Crippen LogP contribution in [0.4, 0.5) is 0 Å². The van der Waals surface area contributed by atoms with E-state index in [1.165, 1.54) is 6.26 Å². The average Bonchev–Trinajstić information content (AvgIpc) is 2.47. The molecule has 0 aliphatic carbocycles. The second-order valence-corrected chi connectivity index (χ2v) is 4.00. The van der Waals surface area contributed by atoms with Gasteiger partial charge < -0.3 is 9.47 Å². The van der Waals surface area contributed by atoms with Gasteiger partial charge in [-0.3, -0.25) is 4.98 Å². The van der Waals surface area contributed by atoms with Crippen LogP contribution in [-0.4, -0.2) is 17.2 Å². The summed E-state index contributed by atoms with van der Waals surface area (Å²) in [7, 11) is 0. The van der Waals surface area contributed by atoms with Crippen LogP contribution in [0.1, 0.15) is 10.4 Å². The summed E-state index contributed by atoms with van der Waals surface area (Å²) in [6.07, 6.45) is 7.57. The van der Waals surface area contributed by atoms with Crippen LogP contribution in [0.2, 0.25) is 0 Å². The molecule has 3 rings (SSSR count). The number of esters is 1. The molecule has 4 heteroatoms. The molecule has 2 heterocycles. The van der Waals surface area contributed by atoms with Gasteiger partial charge in [0.15, 0.2) is 0 Å². The van der Waals surface area contributed by atoms with Gasteiger partial charge in [-0.15, -0.1) is 0 Å². The Balaban J connectivity index is 1.89. The molecule has 1 unspecified atom stereocenters. The number of ether oxygens (including phenoxy) is 2. The normalized spacial score (nSPS) is 17.2. The van der Waals surface area contributed by atoms with E-state index in [9.17, 15) is 4.79 Å². The molecule has 4 nitrogen and oxygen atoms in total. The number of para-hydroxylation sites is 1. The molecule has 94 valence electrons. The van der Waals surface area contributed by atoms with E-state index in [0.29, 0.717) is 5.56 Å². The predicted molar refractivity (Wildman–Crippen MR) is 70.3 cm³/mol. The van der Waals surface area contributed by atoms with Crippen LogP contribution < -0.4 is 0 Å². The first-order valence-electron chi connectivity index (χ1n) is 5.88. The number of carbonyl (C=O) groups is 1. The zero-order valence-electron chi connectivity index (χ0n) is 10.0. The third kappa shape index (κ3) is 2.33. The van der Waals surface area contributed by atoms with E-state index in [-0.39, 0.29) is 0 Å². The van der Waals surface area contributed by atoms with Crippen LogP contribution in [0.25, 0.3) is 10.9 Å². The molecule has 0 spiro atoms. The molecule has 1 atom stereocenters. The Morgan fingerprint density at radius 1 is 1.21 bits per heavy atom. The number of hydrogen-bond donors (Lipinski definition) is 0. The minimum Gasteiger partial charge on any atom is -0.459 e. The molecule has 0 amide bonds. The first-order valence-corrected chi connectivity index (χ1v) is 5.88. The van der Waals surface area contributed by atoms with Crippen molar-refractivity contribution in [1.82, 2.24) is 4.98 Å². The van der Waals surface area contributed by atoms with E-state index in [4.69, 9.17) is 9.47 Å². The van der Waals surface area contributed by atoms with Gasteiger partial charge in [0.05, 0.1) is 17.3 Å². The second-order valence-electron chi connectivity index (χ2n) is 4.00. The molecule has 19 heavy (non-hydrogen) atoms. The summed E-state index contributed by atoms with van der Waals surface area (Å²) in [5, 5.41) is 0.769. The van der Waals surface area contributed by atoms with Gasteiger partial charge in [-0.1, -0.05) is 24.3 Å². The van der Waals surface area contributed by atoms with Crippen molar-refractivity contribution in [3.8, 4) is 0 Å². The molecular formula is C15H11NO3. The Hall–Kier alpha value is -2.62. The number of nitrogens with zero attached hydrogens (tertiary/aromatic N) is 1. The lowest BCUT2D eigenvalue weighted by Gasteiger charge is -2.15. The van der Waals surface area contributed by atoms with Crippen LogP contribution in [0.5, 0.6) is 0 Å². The molecule has 2 aromatic rings. The summed E-state index contributed by atoms with van der Waals surface area (Å²) in [4.78, 5) is 16.3. The van der Waals surface area contributed by atoms with E-state index in [0.717, 1.165) is 10.9 Å². The van der Waals surface area contributed by atoms with Gasteiger partial charge in [-0.2, -0.15) is 0 Å². The fraction of sp³-hybridized carbons (Fsp3) is 0.0667. The molecule has 0 saturated carbocycles. The lowest BCUT2D eigenvalue weighted by Crippen LogP contribution is -2.18. The third-order valence-electron chi connectivity index (χ3n) is 2.76. The van der Waals surface area contributed by atoms with Gasteiger partial charge in [-0.05, 0) is 24.3 Å². The molecule has 1 aromatic carbocycles. The van der Waals surface area contributed by atoms with Crippen molar-refractivity contribution in [2.75, 3.05) is 0 Å².